The van der Waals surface area contributed by atoms with Crippen molar-refractivity contribution in [2.45, 2.75) is 44.7 Å². The number of hydrogen-bond donors (Lipinski definition) is 1. The highest BCUT2D eigenvalue weighted by atomic mass is 79.9. The molecule has 0 heterocycles. The molecule has 2 nitrogen and oxygen atoms in total. The van der Waals surface area contributed by atoms with Crippen molar-refractivity contribution in [3.8, 4) is 0 Å². The van der Waals surface area contributed by atoms with Gasteiger partial charge >= 0.3 is 0 Å². The minimum absolute atomic E-state index is 0.251. The quantitative estimate of drug-likeness (QED) is 0.858. The first-order chi connectivity index (χ1) is 9.17. The zero-order valence-electron chi connectivity index (χ0n) is 11.4. The molecule has 0 amide bonds. The minimum atomic E-state index is 0.251. The Morgan fingerprint density at radius 1 is 1.42 bits per heavy atom. The van der Waals surface area contributed by atoms with Crippen LogP contribution in [0.1, 0.15) is 44.2 Å². The lowest BCUT2D eigenvalue weighted by Gasteiger charge is -2.35. The zero-order valence-corrected chi connectivity index (χ0v) is 13.8. The normalized spacial score (nSPS) is 18.2. The van der Waals surface area contributed by atoms with Crippen molar-refractivity contribution < 1.29 is 0 Å². The van der Waals surface area contributed by atoms with E-state index in [1.807, 2.05) is 18.2 Å². The van der Waals surface area contributed by atoms with Crippen LogP contribution < -0.4 is 5.73 Å². The van der Waals surface area contributed by atoms with Gasteiger partial charge in [-0.2, -0.15) is 0 Å². The summed E-state index contributed by atoms with van der Waals surface area (Å²) in [6, 6.07) is 6.89. The Kier molecular flexibility index (Phi) is 5.70. The Balaban J connectivity index is 2.28. The average molecular weight is 346 g/mol. The summed E-state index contributed by atoms with van der Waals surface area (Å²) in [5.41, 5.74) is 7.27. The van der Waals surface area contributed by atoms with Gasteiger partial charge in [-0.15, -0.1) is 0 Å². The van der Waals surface area contributed by atoms with E-state index in [-0.39, 0.29) is 6.04 Å². The maximum Gasteiger partial charge on any atom is 0.0484 e. The molecule has 106 valence electrons. The average Bonchev–Trinajstić information content (AvgIpc) is 2.92. The number of hydrogen-bond acceptors (Lipinski definition) is 2. The standard InChI is InChI=1S/C15H22BrClN2/c1-2-19(12-5-3-4-6-12)15(10-18)13-9-11(17)7-8-14(13)16/h7-9,12,15H,2-6,10,18H2,1H3. The summed E-state index contributed by atoms with van der Waals surface area (Å²) in [5.74, 6) is 0. The largest absolute Gasteiger partial charge is 0.329 e. The topological polar surface area (TPSA) is 29.3 Å². The Bertz CT molecular complexity index is 419. The highest BCUT2D eigenvalue weighted by Crippen LogP contribution is 2.34. The molecule has 4 heteroatoms. The van der Waals surface area contributed by atoms with Gasteiger partial charge in [0.1, 0.15) is 0 Å². The van der Waals surface area contributed by atoms with Crippen molar-refractivity contribution in [1.29, 1.82) is 0 Å². The number of benzene rings is 1. The Hall–Kier alpha value is -0.0900. The van der Waals surface area contributed by atoms with Gasteiger partial charge in [0.05, 0.1) is 0 Å². The first-order valence-corrected chi connectivity index (χ1v) is 8.25. The van der Waals surface area contributed by atoms with Crippen LogP contribution in [0, 0.1) is 0 Å². The molecule has 1 aromatic rings. The van der Waals surface area contributed by atoms with Gasteiger partial charge in [-0.25, -0.2) is 0 Å². The molecule has 2 rings (SSSR count). The van der Waals surface area contributed by atoms with Gasteiger partial charge in [0, 0.05) is 28.1 Å². The van der Waals surface area contributed by atoms with Crippen LogP contribution >= 0.6 is 27.5 Å². The third-order valence-corrected chi connectivity index (χ3v) is 5.06. The second kappa shape index (κ2) is 7.07. The lowest BCUT2D eigenvalue weighted by molar-refractivity contribution is 0.147. The highest BCUT2D eigenvalue weighted by Gasteiger charge is 2.28. The fourth-order valence-corrected chi connectivity index (χ4v) is 3.87. The number of nitrogens with two attached hydrogens (primary N) is 1. The Morgan fingerprint density at radius 3 is 2.68 bits per heavy atom. The second-order valence-corrected chi connectivity index (χ2v) is 6.48. The lowest BCUT2D eigenvalue weighted by atomic mass is 10.0. The van der Waals surface area contributed by atoms with E-state index in [1.165, 1.54) is 31.2 Å². The molecule has 1 aromatic carbocycles. The SMILES string of the molecule is CCN(C1CCCC1)C(CN)c1cc(Cl)ccc1Br. The first-order valence-electron chi connectivity index (χ1n) is 7.08. The van der Waals surface area contributed by atoms with Crippen LogP contribution in [0.3, 0.4) is 0 Å². The fraction of sp³-hybridized carbons (Fsp3) is 0.600. The van der Waals surface area contributed by atoms with E-state index in [0.717, 1.165) is 16.0 Å². The molecule has 1 atom stereocenters. The molecule has 1 aliphatic carbocycles. The molecule has 1 saturated carbocycles. The Labute approximate surface area is 129 Å². The third-order valence-electron chi connectivity index (χ3n) is 4.10. The molecule has 0 aromatic heterocycles. The zero-order chi connectivity index (χ0) is 13.8. The van der Waals surface area contributed by atoms with Crippen LogP contribution in [0.2, 0.25) is 5.02 Å². The molecule has 1 fully saturated rings. The summed E-state index contributed by atoms with van der Waals surface area (Å²) < 4.78 is 1.10. The molecule has 0 bridgehead atoms. The van der Waals surface area contributed by atoms with E-state index >= 15 is 0 Å². The van der Waals surface area contributed by atoms with Crippen molar-refractivity contribution >= 4 is 27.5 Å². The molecular weight excluding hydrogens is 324 g/mol. The van der Waals surface area contributed by atoms with Gasteiger partial charge in [0.15, 0.2) is 0 Å². The molecule has 2 N–H and O–H groups in total. The van der Waals surface area contributed by atoms with E-state index in [4.69, 9.17) is 17.3 Å². The fourth-order valence-electron chi connectivity index (χ4n) is 3.18. The van der Waals surface area contributed by atoms with Crippen molar-refractivity contribution in [1.82, 2.24) is 4.90 Å². The van der Waals surface area contributed by atoms with E-state index in [2.05, 4.69) is 27.8 Å². The molecule has 0 radical (unpaired) electrons. The van der Waals surface area contributed by atoms with E-state index in [0.29, 0.717) is 12.6 Å². The number of halogens is 2. The van der Waals surface area contributed by atoms with E-state index in [9.17, 15) is 0 Å². The van der Waals surface area contributed by atoms with Crippen LogP contribution in [0.25, 0.3) is 0 Å². The summed E-state index contributed by atoms with van der Waals surface area (Å²) in [6.45, 7) is 3.88. The number of likely N-dealkylation sites (N-methyl/N-ethyl adjacent to an activating group) is 1. The van der Waals surface area contributed by atoms with Crippen molar-refractivity contribution in [2.24, 2.45) is 5.73 Å². The van der Waals surface area contributed by atoms with Crippen LogP contribution in [-0.2, 0) is 0 Å². The monoisotopic (exact) mass is 344 g/mol. The predicted octanol–water partition coefficient (Wildman–Crippen LogP) is 4.37. The van der Waals surface area contributed by atoms with Crippen molar-refractivity contribution in [2.75, 3.05) is 13.1 Å². The highest BCUT2D eigenvalue weighted by molar-refractivity contribution is 9.10. The molecule has 0 spiro atoms. The van der Waals surface area contributed by atoms with Crippen molar-refractivity contribution in [3.63, 3.8) is 0 Å². The number of rotatable bonds is 5. The summed E-state index contributed by atoms with van der Waals surface area (Å²) in [5, 5.41) is 0.777. The van der Waals surface area contributed by atoms with E-state index < -0.39 is 0 Å². The summed E-state index contributed by atoms with van der Waals surface area (Å²) in [7, 11) is 0. The Morgan fingerprint density at radius 2 is 2.11 bits per heavy atom. The lowest BCUT2D eigenvalue weighted by Crippen LogP contribution is -2.40. The van der Waals surface area contributed by atoms with Gasteiger partial charge in [-0.05, 0) is 43.1 Å². The first kappa shape index (κ1) is 15.3. The summed E-state index contributed by atoms with van der Waals surface area (Å²) in [4.78, 5) is 2.55. The summed E-state index contributed by atoms with van der Waals surface area (Å²) in [6.07, 6.45) is 5.27. The van der Waals surface area contributed by atoms with Crippen LogP contribution in [0.5, 0.6) is 0 Å². The number of nitrogens with zero attached hydrogens (tertiary/aromatic N) is 1. The second-order valence-electron chi connectivity index (χ2n) is 5.19. The molecular formula is C15H22BrClN2. The van der Waals surface area contributed by atoms with Gasteiger partial charge in [-0.3, -0.25) is 4.90 Å². The molecule has 0 aliphatic heterocycles. The van der Waals surface area contributed by atoms with Gasteiger partial charge < -0.3 is 5.73 Å². The maximum absolute atomic E-state index is 6.15. The van der Waals surface area contributed by atoms with Gasteiger partial charge in [-0.1, -0.05) is 47.3 Å². The third kappa shape index (κ3) is 3.52. The van der Waals surface area contributed by atoms with E-state index in [1.54, 1.807) is 0 Å². The predicted molar refractivity (Wildman–Crippen MR) is 85.6 cm³/mol. The molecule has 1 unspecified atom stereocenters. The maximum atomic E-state index is 6.15. The summed E-state index contributed by atoms with van der Waals surface area (Å²) >= 11 is 9.78. The molecule has 1 aliphatic rings. The smallest absolute Gasteiger partial charge is 0.0484 e. The molecule has 19 heavy (non-hydrogen) atoms. The minimum Gasteiger partial charge on any atom is -0.329 e. The van der Waals surface area contributed by atoms with Crippen LogP contribution in [-0.4, -0.2) is 24.0 Å². The van der Waals surface area contributed by atoms with Gasteiger partial charge in [0.25, 0.3) is 0 Å². The van der Waals surface area contributed by atoms with Crippen LogP contribution in [0.15, 0.2) is 22.7 Å². The molecule has 0 saturated heterocycles. The van der Waals surface area contributed by atoms with Gasteiger partial charge in [0.2, 0.25) is 0 Å². The van der Waals surface area contributed by atoms with Crippen LogP contribution in [0.4, 0.5) is 0 Å². The van der Waals surface area contributed by atoms with Crippen molar-refractivity contribution in [3.05, 3.63) is 33.3 Å².